The lowest BCUT2D eigenvalue weighted by atomic mass is 10.1. The number of hydrogen-bond donors (Lipinski definition) is 2. The van der Waals surface area contributed by atoms with Crippen LogP contribution in [0.5, 0.6) is 0 Å². The van der Waals surface area contributed by atoms with Gasteiger partial charge in [0, 0.05) is 26.3 Å². The largest absolute Gasteiger partial charge is 0.377 e. The Bertz CT molecular complexity index is 604. The number of ether oxygens (including phenoxy) is 1. The molecule has 5 nitrogen and oxygen atoms in total. The summed E-state index contributed by atoms with van der Waals surface area (Å²) in [5, 5.41) is 6.58. The summed E-state index contributed by atoms with van der Waals surface area (Å²) in [6, 6.07) is 10.9. The van der Waals surface area contributed by atoms with Gasteiger partial charge in [-0.2, -0.15) is 0 Å². The lowest BCUT2D eigenvalue weighted by molar-refractivity contribution is 0.178. The molecule has 0 saturated carbocycles. The number of anilines is 2. The highest BCUT2D eigenvalue weighted by Crippen LogP contribution is 2.24. The Morgan fingerprint density at radius 2 is 1.81 bits per heavy atom. The molecule has 0 aliphatic heterocycles. The molecule has 0 amide bonds. The van der Waals surface area contributed by atoms with Crippen LogP contribution in [-0.4, -0.2) is 30.2 Å². The van der Waals surface area contributed by atoms with Crippen molar-refractivity contribution in [1.82, 2.24) is 9.97 Å². The molecule has 21 heavy (non-hydrogen) atoms. The van der Waals surface area contributed by atoms with Crippen molar-refractivity contribution in [2.75, 3.05) is 24.8 Å². The van der Waals surface area contributed by atoms with Crippen LogP contribution < -0.4 is 10.6 Å². The molecule has 5 heteroatoms. The van der Waals surface area contributed by atoms with Crippen molar-refractivity contribution < 1.29 is 4.74 Å². The highest BCUT2D eigenvalue weighted by Gasteiger charge is 2.21. The molecule has 1 aromatic carbocycles. The van der Waals surface area contributed by atoms with Gasteiger partial charge in [-0.25, -0.2) is 9.97 Å². The maximum Gasteiger partial charge on any atom is 0.158 e. The van der Waals surface area contributed by atoms with Gasteiger partial charge in [-0.3, -0.25) is 0 Å². The number of nitrogens with one attached hydrogen (secondary N) is 2. The van der Waals surface area contributed by atoms with Crippen LogP contribution in [0.3, 0.4) is 0 Å². The van der Waals surface area contributed by atoms with Crippen LogP contribution in [0.2, 0.25) is 0 Å². The smallest absolute Gasteiger partial charge is 0.158 e. The lowest BCUT2D eigenvalue weighted by Gasteiger charge is -2.14. The van der Waals surface area contributed by atoms with Gasteiger partial charge in [-0.15, -0.1) is 0 Å². The van der Waals surface area contributed by atoms with Crippen LogP contribution in [0, 0.1) is 0 Å². The summed E-state index contributed by atoms with van der Waals surface area (Å²) in [5.41, 5.74) is 2.85. The van der Waals surface area contributed by atoms with Gasteiger partial charge in [-0.05, 0) is 24.0 Å². The van der Waals surface area contributed by atoms with Crippen molar-refractivity contribution in [2.24, 2.45) is 0 Å². The van der Waals surface area contributed by atoms with Crippen molar-refractivity contribution >= 4 is 11.6 Å². The summed E-state index contributed by atoms with van der Waals surface area (Å²) >= 11 is 0. The minimum absolute atomic E-state index is 0.386. The van der Waals surface area contributed by atoms with E-state index in [1.165, 1.54) is 11.1 Å². The quantitative estimate of drug-likeness (QED) is 0.882. The molecule has 0 saturated heterocycles. The van der Waals surface area contributed by atoms with E-state index < -0.39 is 0 Å². The summed E-state index contributed by atoms with van der Waals surface area (Å²) in [5.74, 6) is 2.33. The first-order valence-corrected chi connectivity index (χ1v) is 7.16. The number of aromatic nitrogens is 2. The van der Waals surface area contributed by atoms with Crippen LogP contribution in [0.4, 0.5) is 11.6 Å². The molecule has 1 aliphatic carbocycles. The van der Waals surface area contributed by atoms with Gasteiger partial charge >= 0.3 is 0 Å². The molecule has 0 bridgehead atoms. The van der Waals surface area contributed by atoms with E-state index in [1.807, 2.05) is 13.1 Å². The second-order valence-corrected chi connectivity index (χ2v) is 5.26. The molecule has 2 aromatic rings. The van der Waals surface area contributed by atoms with E-state index in [2.05, 4.69) is 44.9 Å². The van der Waals surface area contributed by atoms with E-state index >= 15 is 0 Å². The zero-order valence-corrected chi connectivity index (χ0v) is 12.4. The van der Waals surface area contributed by atoms with E-state index in [9.17, 15) is 0 Å². The number of nitrogens with zero attached hydrogens (tertiary/aromatic N) is 2. The predicted molar refractivity (Wildman–Crippen MR) is 83.6 cm³/mol. The van der Waals surface area contributed by atoms with Crippen molar-refractivity contribution in [2.45, 2.75) is 25.5 Å². The fourth-order valence-electron chi connectivity index (χ4n) is 2.76. The van der Waals surface area contributed by atoms with E-state index in [-0.39, 0.29) is 0 Å². The molecule has 1 aliphatic rings. The topological polar surface area (TPSA) is 59.1 Å². The molecular weight excluding hydrogens is 264 g/mol. The van der Waals surface area contributed by atoms with Crippen molar-refractivity contribution in [3.8, 4) is 0 Å². The third kappa shape index (κ3) is 3.13. The van der Waals surface area contributed by atoms with Gasteiger partial charge in [0.05, 0.1) is 0 Å². The molecule has 0 fully saturated rings. The Labute approximate surface area is 124 Å². The number of rotatable bonds is 5. The van der Waals surface area contributed by atoms with Gasteiger partial charge in [0.15, 0.2) is 5.82 Å². The predicted octanol–water partition coefficient (Wildman–Crippen LogP) is 2.24. The summed E-state index contributed by atoms with van der Waals surface area (Å²) in [6.45, 7) is 0.412. The minimum atomic E-state index is 0.386. The van der Waals surface area contributed by atoms with Gasteiger partial charge in [0.1, 0.15) is 18.2 Å². The minimum Gasteiger partial charge on any atom is -0.377 e. The second-order valence-electron chi connectivity index (χ2n) is 5.26. The third-order valence-electron chi connectivity index (χ3n) is 3.71. The molecule has 0 atom stereocenters. The Hall–Kier alpha value is -2.14. The molecule has 110 valence electrons. The molecule has 0 spiro atoms. The Balaban J connectivity index is 1.75. The number of methoxy groups -OCH3 is 1. The lowest BCUT2D eigenvalue weighted by Crippen LogP contribution is -2.21. The van der Waals surface area contributed by atoms with Crippen LogP contribution in [0.15, 0.2) is 30.3 Å². The van der Waals surface area contributed by atoms with Gasteiger partial charge in [0.2, 0.25) is 0 Å². The Kier molecular flexibility index (Phi) is 4.01. The molecular formula is C16H20N4O. The van der Waals surface area contributed by atoms with Gasteiger partial charge < -0.3 is 15.4 Å². The normalized spacial score (nSPS) is 14.0. The standard InChI is InChI=1S/C16H20N4O/c1-17-14-9-15(20-16(19-14)10-21-2)18-13-7-11-5-3-4-6-12(11)8-13/h3-6,9,13H,7-8,10H2,1-2H3,(H2,17,18,19,20). The summed E-state index contributed by atoms with van der Waals surface area (Å²) in [7, 11) is 3.50. The molecule has 2 N–H and O–H groups in total. The zero-order valence-electron chi connectivity index (χ0n) is 12.4. The first-order chi connectivity index (χ1) is 10.3. The molecule has 1 heterocycles. The zero-order chi connectivity index (χ0) is 14.7. The summed E-state index contributed by atoms with van der Waals surface area (Å²) in [6.07, 6.45) is 2.07. The highest BCUT2D eigenvalue weighted by atomic mass is 16.5. The second kappa shape index (κ2) is 6.10. The van der Waals surface area contributed by atoms with Gasteiger partial charge in [-0.1, -0.05) is 24.3 Å². The Morgan fingerprint density at radius 1 is 1.14 bits per heavy atom. The SMILES string of the molecule is CNc1cc(NC2Cc3ccccc3C2)nc(COC)n1. The van der Waals surface area contributed by atoms with Crippen molar-refractivity contribution in [1.29, 1.82) is 0 Å². The van der Waals surface area contributed by atoms with Crippen molar-refractivity contribution in [3.05, 3.63) is 47.3 Å². The maximum absolute atomic E-state index is 5.12. The van der Waals surface area contributed by atoms with E-state index in [1.54, 1.807) is 7.11 Å². The number of fused-ring (bicyclic) bond motifs is 1. The summed E-state index contributed by atoms with van der Waals surface area (Å²) in [4.78, 5) is 8.88. The first-order valence-electron chi connectivity index (χ1n) is 7.16. The molecule has 0 radical (unpaired) electrons. The number of hydrogen-bond acceptors (Lipinski definition) is 5. The van der Waals surface area contributed by atoms with E-state index in [0.29, 0.717) is 18.5 Å². The van der Waals surface area contributed by atoms with E-state index in [4.69, 9.17) is 4.74 Å². The van der Waals surface area contributed by atoms with Crippen LogP contribution in [0.25, 0.3) is 0 Å². The number of benzene rings is 1. The fraction of sp³-hybridized carbons (Fsp3) is 0.375. The van der Waals surface area contributed by atoms with Crippen LogP contribution in [0.1, 0.15) is 17.0 Å². The Morgan fingerprint density at radius 3 is 2.43 bits per heavy atom. The van der Waals surface area contributed by atoms with Crippen LogP contribution >= 0.6 is 0 Å². The average Bonchev–Trinajstić information content (AvgIpc) is 2.89. The monoisotopic (exact) mass is 284 g/mol. The maximum atomic E-state index is 5.12. The summed E-state index contributed by atoms with van der Waals surface area (Å²) < 4.78 is 5.12. The third-order valence-corrected chi connectivity index (χ3v) is 3.71. The molecule has 0 unspecified atom stereocenters. The van der Waals surface area contributed by atoms with Gasteiger partial charge in [0.25, 0.3) is 0 Å². The van der Waals surface area contributed by atoms with Crippen LogP contribution in [-0.2, 0) is 24.2 Å². The van der Waals surface area contributed by atoms with Crippen molar-refractivity contribution in [3.63, 3.8) is 0 Å². The van der Waals surface area contributed by atoms with E-state index in [0.717, 1.165) is 24.5 Å². The first kappa shape index (κ1) is 13.8. The molecule has 3 rings (SSSR count). The fourth-order valence-corrected chi connectivity index (χ4v) is 2.76. The average molecular weight is 284 g/mol. The highest BCUT2D eigenvalue weighted by molar-refractivity contribution is 5.49. The molecule has 1 aromatic heterocycles.